The molecule has 0 spiro atoms. The molecule has 0 saturated heterocycles. The van der Waals surface area contributed by atoms with Crippen LogP contribution in [0, 0.1) is 6.92 Å². The van der Waals surface area contributed by atoms with Crippen molar-refractivity contribution in [3.63, 3.8) is 0 Å². The first-order valence-corrected chi connectivity index (χ1v) is 17.1. The summed E-state index contributed by atoms with van der Waals surface area (Å²) >= 11 is 6.40. The molecule has 1 atom stereocenters. The van der Waals surface area contributed by atoms with Crippen molar-refractivity contribution in [3.8, 4) is 5.75 Å². The van der Waals surface area contributed by atoms with Crippen molar-refractivity contribution >= 4 is 33.1 Å². The number of carboxylic acid groups (broad SMARTS) is 1. The zero-order valence-electron chi connectivity index (χ0n) is 24.9. The summed E-state index contributed by atoms with van der Waals surface area (Å²) in [6.45, 7) is 4.12. The number of hydrogen-bond donors (Lipinski definition) is 2. The Labute approximate surface area is 258 Å². The van der Waals surface area contributed by atoms with E-state index in [-0.39, 0.29) is 22.3 Å². The van der Waals surface area contributed by atoms with Gasteiger partial charge in [-0.25, -0.2) is 17.7 Å². The van der Waals surface area contributed by atoms with E-state index in [2.05, 4.69) is 22.2 Å². The number of carboxylic acids is 1. The molecule has 43 heavy (non-hydrogen) atoms. The number of halogens is 1. The van der Waals surface area contributed by atoms with Crippen molar-refractivity contribution in [2.45, 2.75) is 101 Å². The smallest absolute Gasteiger partial charge is 0.335 e. The van der Waals surface area contributed by atoms with Gasteiger partial charge < -0.3 is 9.84 Å². The predicted molar refractivity (Wildman–Crippen MR) is 168 cm³/mol. The van der Waals surface area contributed by atoms with Crippen LogP contribution in [0.25, 0.3) is 5.65 Å². The molecule has 0 radical (unpaired) electrons. The van der Waals surface area contributed by atoms with Gasteiger partial charge in [-0.05, 0) is 55.7 Å². The molecule has 4 aromatic rings. The number of fused-ring (bicyclic) bond motifs is 1. The minimum absolute atomic E-state index is 0.0278. The number of benzene rings is 2. The molecule has 0 amide bonds. The summed E-state index contributed by atoms with van der Waals surface area (Å²) in [6.07, 6.45) is 12.7. The fourth-order valence-electron chi connectivity index (χ4n) is 5.15. The Hall–Kier alpha value is -3.37. The largest absolute Gasteiger partial charge is 0.482 e. The lowest BCUT2D eigenvalue weighted by atomic mass is 10.0. The number of hydrogen-bond acceptors (Lipinski definition) is 6. The van der Waals surface area contributed by atoms with Gasteiger partial charge in [0.05, 0.1) is 21.9 Å². The van der Waals surface area contributed by atoms with Gasteiger partial charge in [-0.1, -0.05) is 94.5 Å². The molecule has 0 aliphatic carbocycles. The molecule has 0 aliphatic rings. The first-order chi connectivity index (χ1) is 20.7. The molecule has 0 fully saturated rings. The first kappa shape index (κ1) is 32.5. The Morgan fingerprint density at radius 2 is 1.63 bits per heavy atom. The van der Waals surface area contributed by atoms with Crippen molar-refractivity contribution in [2.75, 3.05) is 0 Å². The predicted octanol–water partition coefficient (Wildman–Crippen LogP) is 8.12. The Morgan fingerprint density at radius 3 is 2.28 bits per heavy atom. The van der Waals surface area contributed by atoms with E-state index in [1.165, 1.54) is 75.6 Å². The zero-order chi connectivity index (χ0) is 30.8. The number of aromatic amines is 1. The van der Waals surface area contributed by atoms with E-state index in [4.69, 9.17) is 16.3 Å². The van der Waals surface area contributed by atoms with Gasteiger partial charge in [-0.15, -0.1) is 10.2 Å². The lowest BCUT2D eigenvalue weighted by molar-refractivity contribution is 0.0696. The number of ether oxygens (including phenoxy) is 1. The van der Waals surface area contributed by atoms with Crippen LogP contribution in [0.4, 0.5) is 0 Å². The summed E-state index contributed by atoms with van der Waals surface area (Å²) in [7, 11) is -3.74. The third kappa shape index (κ3) is 8.83. The van der Waals surface area contributed by atoms with E-state index in [1.54, 1.807) is 28.8 Å². The highest BCUT2D eigenvalue weighted by Gasteiger charge is 2.24. The lowest BCUT2D eigenvalue weighted by Crippen LogP contribution is -2.13. The van der Waals surface area contributed by atoms with Gasteiger partial charge in [-0.2, -0.15) is 0 Å². The normalized spacial score (nSPS) is 12.5. The second-order valence-corrected chi connectivity index (χ2v) is 13.4. The molecule has 2 aromatic carbocycles. The summed E-state index contributed by atoms with van der Waals surface area (Å²) in [5, 5.41) is 21.6. The van der Waals surface area contributed by atoms with Crippen LogP contribution < -0.4 is 4.74 Å². The first-order valence-electron chi connectivity index (χ1n) is 15.1. The average Bonchev–Trinajstić information content (AvgIpc) is 3.53. The van der Waals surface area contributed by atoms with E-state index >= 15 is 0 Å². The standard InChI is InChI=1S/C32H41ClN4O5S/c1-3-4-5-6-7-8-9-10-11-12-16-28(30-34-35-31-29(33)23(2)36-37(30)31)42-26-19-17-24(18-20-26)22-43(40,41)27-15-13-14-25(21-27)32(38)39/h13-15,17-21,28,36H,3-12,16,22H2,1-2H3,(H,38,39). The van der Waals surface area contributed by atoms with E-state index in [9.17, 15) is 18.3 Å². The van der Waals surface area contributed by atoms with Crippen molar-refractivity contribution in [3.05, 3.63) is 76.2 Å². The lowest BCUT2D eigenvalue weighted by Gasteiger charge is -2.18. The van der Waals surface area contributed by atoms with E-state index in [0.717, 1.165) is 25.0 Å². The summed E-state index contributed by atoms with van der Waals surface area (Å²) in [4.78, 5) is 11.2. The van der Waals surface area contributed by atoms with Crippen LogP contribution in [-0.4, -0.2) is 39.3 Å². The summed E-state index contributed by atoms with van der Waals surface area (Å²) in [6, 6.07) is 12.3. The Morgan fingerprint density at radius 1 is 0.977 bits per heavy atom. The van der Waals surface area contributed by atoms with Crippen molar-refractivity contribution < 1.29 is 23.1 Å². The van der Waals surface area contributed by atoms with Crippen LogP contribution in [0.5, 0.6) is 5.75 Å². The van der Waals surface area contributed by atoms with Crippen LogP contribution in [0.15, 0.2) is 53.4 Å². The Balaban J connectivity index is 1.40. The Kier molecular flexibility index (Phi) is 11.6. The van der Waals surface area contributed by atoms with E-state index in [1.807, 2.05) is 6.92 Å². The van der Waals surface area contributed by atoms with Gasteiger partial charge in [0.15, 0.2) is 27.4 Å². The number of nitrogens with zero attached hydrogens (tertiary/aromatic N) is 3. The maximum atomic E-state index is 13.0. The fraction of sp³-hybridized carbons (Fsp3) is 0.469. The third-order valence-electron chi connectivity index (χ3n) is 7.60. The van der Waals surface area contributed by atoms with Gasteiger partial charge in [0.2, 0.25) is 0 Å². The molecule has 2 heterocycles. The quantitative estimate of drug-likeness (QED) is 0.107. The van der Waals surface area contributed by atoms with Crippen molar-refractivity contribution in [1.82, 2.24) is 19.8 Å². The van der Waals surface area contributed by atoms with Crippen LogP contribution in [0.1, 0.15) is 111 Å². The number of aromatic carboxylic acids is 1. The van der Waals surface area contributed by atoms with Crippen LogP contribution in [0.3, 0.4) is 0 Å². The van der Waals surface area contributed by atoms with Crippen LogP contribution in [-0.2, 0) is 15.6 Å². The molecule has 0 saturated carbocycles. The number of sulfone groups is 1. The molecule has 1 unspecified atom stereocenters. The van der Waals surface area contributed by atoms with Crippen LogP contribution >= 0.6 is 11.6 Å². The molecule has 11 heteroatoms. The van der Waals surface area contributed by atoms with Crippen molar-refractivity contribution in [2.24, 2.45) is 0 Å². The summed E-state index contributed by atoms with van der Waals surface area (Å²) < 4.78 is 34.1. The van der Waals surface area contributed by atoms with Gasteiger partial charge in [0.1, 0.15) is 10.8 Å². The fourth-order valence-corrected chi connectivity index (χ4v) is 6.71. The maximum absolute atomic E-state index is 13.0. The van der Waals surface area contributed by atoms with Crippen molar-refractivity contribution in [1.29, 1.82) is 0 Å². The topological polar surface area (TPSA) is 127 Å². The summed E-state index contributed by atoms with van der Waals surface area (Å²) in [5.41, 5.74) is 1.85. The molecule has 4 rings (SSSR count). The number of unbranched alkanes of at least 4 members (excludes halogenated alkanes) is 9. The monoisotopic (exact) mass is 628 g/mol. The van der Waals surface area contributed by atoms with E-state index < -0.39 is 15.8 Å². The van der Waals surface area contributed by atoms with Crippen LogP contribution in [0.2, 0.25) is 5.02 Å². The number of rotatable bonds is 18. The maximum Gasteiger partial charge on any atom is 0.335 e. The molecule has 2 aromatic heterocycles. The van der Waals surface area contributed by atoms with Gasteiger partial charge >= 0.3 is 5.97 Å². The highest BCUT2D eigenvalue weighted by Crippen LogP contribution is 2.30. The molecular formula is C32H41ClN4O5S. The van der Waals surface area contributed by atoms with E-state index in [0.29, 0.717) is 27.8 Å². The second-order valence-electron chi connectivity index (χ2n) is 11.1. The third-order valence-corrected chi connectivity index (χ3v) is 9.74. The number of nitrogens with one attached hydrogen (secondary N) is 1. The second kappa shape index (κ2) is 15.4. The number of aryl methyl sites for hydroxylation is 1. The summed E-state index contributed by atoms with van der Waals surface area (Å²) in [5.74, 6) is -0.223. The molecule has 0 aliphatic heterocycles. The number of aromatic nitrogens is 4. The number of carbonyl (C=O) groups is 1. The SMILES string of the molecule is CCCCCCCCCCCCC(Oc1ccc(CS(=O)(=O)c2cccc(C(=O)O)c2)cc1)c1nnc2c(Cl)c(C)[nH]n12. The number of H-pyrrole nitrogens is 1. The average molecular weight is 629 g/mol. The van der Waals surface area contributed by atoms with Gasteiger partial charge in [0, 0.05) is 0 Å². The molecule has 0 bridgehead atoms. The minimum Gasteiger partial charge on any atom is -0.482 e. The van der Waals surface area contributed by atoms with Gasteiger partial charge in [0.25, 0.3) is 0 Å². The zero-order valence-corrected chi connectivity index (χ0v) is 26.5. The molecule has 2 N–H and O–H groups in total. The molecule has 9 nitrogen and oxygen atoms in total. The Bertz CT molecular complexity index is 1600. The van der Waals surface area contributed by atoms with Gasteiger partial charge in [-0.3, -0.25) is 5.10 Å². The molecular weight excluding hydrogens is 588 g/mol. The minimum atomic E-state index is -3.74. The highest BCUT2D eigenvalue weighted by molar-refractivity contribution is 7.90. The molecule has 232 valence electrons. The highest BCUT2D eigenvalue weighted by atomic mass is 35.5.